The summed E-state index contributed by atoms with van der Waals surface area (Å²) in [6.45, 7) is 0.459. The van der Waals surface area contributed by atoms with Gasteiger partial charge in [0.05, 0.1) is 11.9 Å². The van der Waals surface area contributed by atoms with Crippen molar-refractivity contribution in [3.63, 3.8) is 0 Å². The Bertz CT molecular complexity index is 1070. The number of nitrogens with one attached hydrogen (secondary N) is 3. The van der Waals surface area contributed by atoms with Crippen LogP contribution in [0, 0.1) is 0 Å². The first-order valence-electron chi connectivity index (χ1n) is 8.31. The summed E-state index contributed by atoms with van der Waals surface area (Å²) in [6, 6.07) is 14.0. The Labute approximate surface area is 168 Å². The average Bonchev–Trinajstić information content (AvgIpc) is 2.71. The van der Waals surface area contributed by atoms with Gasteiger partial charge in [-0.15, -0.1) is 0 Å². The van der Waals surface area contributed by atoms with Crippen molar-refractivity contribution in [1.82, 2.24) is 14.7 Å². The summed E-state index contributed by atoms with van der Waals surface area (Å²) in [5.74, 6) is 0.581. The van der Waals surface area contributed by atoms with Gasteiger partial charge < -0.3 is 16.4 Å². The van der Waals surface area contributed by atoms with Gasteiger partial charge in [-0.05, 0) is 36.9 Å². The summed E-state index contributed by atoms with van der Waals surface area (Å²) in [5.41, 5.74) is 7.73. The van der Waals surface area contributed by atoms with Gasteiger partial charge in [-0.1, -0.05) is 35.9 Å². The minimum atomic E-state index is -3.65. The van der Waals surface area contributed by atoms with E-state index in [9.17, 15) is 8.42 Å². The van der Waals surface area contributed by atoms with Gasteiger partial charge in [0.15, 0.2) is 5.82 Å². The number of benzene rings is 2. The monoisotopic (exact) mass is 418 g/mol. The fraction of sp³-hybridized carbons (Fsp3) is 0.111. The lowest BCUT2D eigenvalue weighted by Gasteiger charge is -2.13. The second-order valence-corrected chi connectivity index (χ2v) is 8.01. The first-order chi connectivity index (χ1) is 13.4. The Balaban J connectivity index is 1.89. The molecule has 0 aliphatic heterocycles. The van der Waals surface area contributed by atoms with E-state index in [4.69, 9.17) is 17.3 Å². The lowest BCUT2D eigenvalue weighted by Crippen LogP contribution is -2.19. The van der Waals surface area contributed by atoms with E-state index in [2.05, 4.69) is 25.3 Å². The van der Waals surface area contributed by atoms with Gasteiger partial charge in [-0.2, -0.15) is 4.98 Å². The maximum Gasteiger partial charge on any atom is 0.242 e. The second-order valence-electron chi connectivity index (χ2n) is 5.74. The minimum absolute atomic E-state index is 0.0825. The van der Waals surface area contributed by atoms with E-state index in [1.165, 1.54) is 19.3 Å². The van der Waals surface area contributed by atoms with Crippen molar-refractivity contribution < 1.29 is 8.42 Å². The van der Waals surface area contributed by atoms with E-state index < -0.39 is 10.0 Å². The number of hydrogen-bond acceptors (Lipinski definition) is 7. The molecule has 0 radical (unpaired) electrons. The zero-order chi connectivity index (χ0) is 20.1. The van der Waals surface area contributed by atoms with Gasteiger partial charge >= 0.3 is 0 Å². The molecule has 3 aromatic rings. The van der Waals surface area contributed by atoms with E-state index in [0.29, 0.717) is 18.2 Å². The topological polar surface area (TPSA) is 122 Å². The number of rotatable bonds is 7. The smallest absolute Gasteiger partial charge is 0.242 e. The highest BCUT2D eigenvalue weighted by molar-refractivity contribution is 7.89. The Hall–Kier alpha value is -2.72. The third kappa shape index (κ3) is 4.57. The second kappa shape index (κ2) is 8.53. The molecular formula is C18H19ClN6O2S. The molecule has 8 nitrogen and oxygen atoms in total. The Morgan fingerprint density at radius 3 is 2.46 bits per heavy atom. The minimum Gasteiger partial charge on any atom is -0.338 e. The third-order valence-electron chi connectivity index (χ3n) is 3.89. The highest BCUT2D eigenvalue weighted by Gasteiger charge is 2.17. The molecule has 0 atom stereocenters. The quantitative estimate of drug-likeness (QED) is 0.465. The summed E-state index contributed by atoms with van der Waals surface area (Å²) in [4.78, 5) is 8.59. The summed E-state index contributed by atoms with van der Waals surface area (Å²) in [7, 11) is -2.30. The van der Waals surface area contributed by atoms with Gasteiger partial charge in [0.2, 0.25) is 16.0 Å². The van der Waals surface area contributed by atoms with E-state index in [1.807, 2.05) is 24.3 Å². The predicted octanol–water partition coefficient (Wildman–Crippen LogP) is 2.98. The molecule has 1 aromatic heterocycles. The van der Waals surface area contributed by atoms with E-state index >= 15 is 0 Å². The number of para-hydroxylation sites is 1. The number of anilines is 4. The third-order valence-corrected chi connectivity index (χ3v) is 5.64. The fourth-order valence-electron chi connectivity index (χ4n) is 2.41. The Morgan fingerprint density at radius 1 is 1.07 bits per heavy atom. The van der Waals surface area contributed by atoms with Crippen LogP contribution in [0.1, 0.15) is 5.56 Å². The first-order valence-corrected chi connectivity index (χ1v) is 10.2. The molecule has 1 heterocycles. The summed E-state index contributed by atoms with van der Waals surface area (Å²) >= 11 is 6.19. The molecule has 10 heteroatoms. The normalized spacial score (nSPS) is 11.2. The Morgan fingerprint density at radius 2 is 1.79 bits per heavy atom. The van der Waals surface area contributed by atoms with Crippen molar-refractivity contribution in [1.29, 1.82) is 0 Å². The Kier molecular flexibility index (Phi) is 6.10. The molecule has 0 fully saturated rings. The lowest BCUT2D eigenvalue weighted by molar-refractivity contribution is 0.588. The van der Waals surface area contributed by atoms with Crippen molar-refractivity contribution in [3.05, 3.63) is 65.3 Å². The fourth-order valence-corrected chi connectivity index (χ4v) is 3.43. The van der Waals surface area contributed by atoms with Crippen LogP contribution < -0.4 is 21.1 Å². The molecule has 0 amide bonds. The van der Waals surface area contributed by atoms with Crippen LogP contribution in [-0.4, -0.2) is 25.4 Å². The van der Waals surface area contributed by atoms with Gasteiger partial charge in [-0.25, -0.2) is 18.1 Å². The lowest BCUT2D eigenvalue weighted by atomic mass is 10.2. The van der Waals surface area contributed by atoms with Gasteiger partial charge in [0.1, 0.15) is 9.92 Å². The maximum absolute atomic E-state index is 12.2. The predicted molar refractivity (Wildman–Crippen MR) is 111 cm³/mol. The number of nitrogens with zero attached hydrogens (tertiary/aromatic N) is 2. The summed E-state index contributed by atoms with van der Waals surface area (Å²) < 4.78 is 26.7. The van der Waals surface area contributed by atoms with Crippen molar-refractivity contribution in [3.8, 4) is 0 Å². The van der Waals surface area contributed by atoms with Crippen LogP contribution in [0.5, 0.6) is 0 Å². The number of aromatic nitrogens is 2. The van der Waals surface area contributed by atoms with Crippen molar-refractivity contribution in [2.75, 3.05) is 17.7 Å². The summed E-state index contributed by atoms with van der Waals surface area (Å²) in [6.07, 6.45) is 1.43. The van der Waals surface area contributed by atoms with Gasteiger partial charge in [-0.3, -0.25) is 0 Å². The number of nitrogens with two attached hydrogens (primary N) is 1. The van der Waals surface area contributed by atoms with Crippen molar-refractivity contribution in [2.24, 2.45) is 5.73 Å². The molecule has 0 spiro atoms. The molecule has 0 saturated heterocycles. The van der Waals surface area contributed by atoms with Crippen molar-refractivity contribution >= 4 is 44.8 Å². The molecule has 146 valence electrons. The van der Waals surface area contributed by atoms with Crippen molar-refractivity contribution in [2.45, 2.75) is 11.4 Å². The maximum atomic E-state index is 12.2. The average molecular weight is 419 g/mol. The molecule has 0 saturated carbocycles. The SMILES string of the molecule is CNS(=O)(=O)c1ccccc1Nc1nc(Nc2ccc(CN)cc2)ncc1Cl. The largest absolute Gasteiger partial charge is 0.338 e. The van der Waals surface area contributed by atoms with Crippen LogP contribution in [0.15, 0.2) is 59.6 Å². The highest BCUT2D eigenvalue weighted by atomic mass is 35.5. The molecule has 2 aromatic carbocycles. The number of hydrogen-bond donors (Lipinski definition) is 4. The van der Waals surface area contributed by atoms with Crippen LogP contribution >= 0.6 is 11.6 Å². The molecule has 0 bridgehead atoms. The zero-order valence-corrected chi connectivity index (χ0v) is 16.6. The van der Waals surface area contributed by atoms with Gasteiger partial charge in [0.25, 0.3) is 0 Å². The number of halogens is 1. The van der Waals surface area contributed by atoms with E-state index in [-0.39, 0.29) is 15.7 Å². The zero-order valence-electron chi connectivity index (χ0n) is 15.0. The van der Waals surface area contributed by atoms with Crippen LogP contribution in [0.25, 0.3) is 0 Å². The molecule has 0 unspecified atom stereocenters. The van der Waals surface area contributed by atoms with E-state index in [0.717, 1.165) is 11.3 Å². The molecule has 3 rings (SSSR count). The van der Waals surface area contributed by atoms with Crippen LogP contribution in [-0.2, 0) is 16.6 Å². The van der Waals surface area contributed by atoms with Crippen LogP contribution in [0.4, 0.5) is 23.1 Å². The van der Waals surface area contributed by atoms with Crippen LogP contribution in [0.2, 0.25) is 5.02 Å². The molecule has 28 heavy (non-hydrogen) atoms. The highest BCUT2D eigenvalue weighted by Crippen LogP contribution is 2.28. The molecule has 5 N–H and O–H groups in total. The first kappa shape index (κ1) is 20.0. The molecule has 0 aliphatic carbocycles. The summed E-state index contributed by atoms with van der Waals surface area (Å²) in [5, 5.41) is 6.29. The van der Waals surface area contributed by atoms with E-state index in [1.54, 1.807) is 18.2 Å². The molecule has 0 aliphatic rings. The molecular weight excluding hydrogens is 400 g/mol. The van der Waals surface area contributed by atoms with Gasteiger partial charge in [0, 0.05) is 12.2 Å². The van der Waals surface area contributed by atoms with Crippen LogP contribution in [0.3, 0.4) is 0 Å². The number of sulfonamides is 1. The standard InChI is InChI=1S/C18H19ClN6O2S/c1-21-28(26,27)16-5-3-2-4-15(16)24-17-14(19)11-22-18(25-17)23-13-8-6-12(10-20)7-9-13/h2-9,11,21H,10,20H2,1H3,(H2,22,23,24,25).